The largest absolute Gasteiger partial charge is 0.449 e. The van der Waals surface area contributed by atoms with Gasteiger partial charge in [-0.05, 0) is 27.2 Å². The van der Waals surface area contributed by atoms with Crippen molar-refractivity contribution < 1.29 is 19.1 Å². The molecule has 6 heteroatoms. The molecule has 6 nitrogen and oxygen atoms in total. The fraction of sp³-hybridized carbons (Fsp3) is 0.692. The molecule has 1 aromatic rings. The quantitative estimate of drug-likeness (QED) is 0.855. The molecule has 0 aliphatic carbocycles. The normalized spacial score (nSPS) is 14.8. The summed E-state index contributed by atoms with van der Waals surface area (Å²) < 4.78 is 10.4. The Bertz CT molecular complexity index is 384. The van der Waals surface area contributed by atoms with Gasteiger partial charge in [-0.15, -0.1) is 0 Å². The van der Waals surface area contributed by atoms with E-state index in [1.165, 1.54) is 12.5 Å². The molecule has 1 amide bonds. The first kappa shape index (κ1) is 15.5. The number of hydrogen-bond donors (Lipinski definition) is 2. The predicted molar refractivity (Wildman–Crippen MR) is 69.8 cm³/mol. The number of amides is 1. The molecule has 0 aromatic carbocycles. The molecule has 0 aliphatic rings. The van der Waals surface area contributed by atoms with E-state index >= 15 is 0 Å². The molecule has 0 saturated heterocycles. The van der Waals surface area contributed by atoms with E-state index in [0.717, 1.165) is 0 Å². The average Bonchev–Trinajstić information content (AvgIpc) is 2.79. The van der Waals surface area contributed by atoms with Crippen LogP contribution in [0.2, 0.25) is 0 Å². The average molecular weight is 270 g/mol. The van der Waals surface area contributed by atoms with E-state index in [9.17, 15) is 9.90 Å². The van der Waals surface area contributed by atoms with Crippen molar-refractivity contribution in [3.05, 3.63) is 18.4 Å². The number of oxazole rings is 1. The number of nitrogens with zero attached hydrogens (tertiary/aromatic N) is 1. The van der Waals surface area contributed by atoms with Crippen LogP contribution < -0.4 is 5.32 Å². The first-order valence-corrected chi connectivity index (χ1v) is 6.37. The zero-order chi connectivity index (χ0) is 14.5. The predicted octanol–water partition coefficient (Wildman–Crippen LogP) is 2.05. The van der Waals surface area contributed by atoms with Gasteiger partial charge in [0.2, 0.25) is 5.89 Å². The minimum Gasteiger partial charge on any atom is -0.449 e. The van der Waals surface area contributed by atoms with Crippen LogP contribution in [-0.4, -0.2) is 34.4 Å². The molecular weight excluding hydrogens is 248 g/mol. The van der Waals surface area contributed by atoms with Crippen LogP contribution in [0.4, 0.5) is 4.79 Å². The summed E-state index contributed by atoms with van der Waals surface area (Å²) in [4.78, 5) is 15.8. The lowest BCUT2D eigenvalue weighted by molar-refractivity contribution is 0.0483. The SMILES string of the molecule is CC[C@H](NC(=O)OC(C)(C)C)C(CO)c1ncco1. The zero-order valence-corrected chi connectivity index (χ0v) is 11.8. The summed E-state index contributed by atoms with van der Waals surface area (Å²) in [5, 5.41) is 12.2. The lowest BCUT2D eigenvalue weighted by Crippen LogP contribution is -2.43. The summed E-state index contributed by atoms with van der Waals surface area (Å²) in [5.74, 6) is 0.0259. The molecule has 0 saturated carbocycles. The van der Waals surface area contributed by atoms with E-state index in [0.29, 0.717) is 12.3 Å². The molecule has 19 heavy (non-hydrogen) atoms. The Morgan fingerprint density at radius 2 is 2.26 bits per heavy atom. The zero-order valence-electron chi connectivity index (χ0n) is 11.8. The van der Waals surface area contributed by atoms with Gasteiger partial charge in [0.25, 0.3) is 0 Å². The van der Waals surface area contributed by atoms with E-state index in [-0.39, 0.29) is 18.6 Å². The summed E-state index contributed by atoms with van der Waals surface area (Å²) in [7, 11) is 0. The Morgan fingerprint density at radius 1 is 1.58 bits per heavy atom. The molecule has 1 rings (SSSR count). The van der Waals surface area contributed by atoms with Gasteiger partial charge in [0.1, 0.15) is 11.9 Å². The number of rotatable bonds is 5. The lowest BCUT2D eigenvalue weighted by Gasteiger charge is -2.26. The van der Waals surface area contributed by atoms with Gasteiger partial charge in [0.15, 0.2) is 0 Å². The number of carbonyl (C=O) groups is 1. The van der Waals surface area contributed by atoms with Gasteiger partial charge < -0.3 is 19.6 Å². The van der Waals surface area contributed by atoms with Crippen LogP contribution in [0.25, 0.3) is 0 Å². The minimum absolute atomic E-state index is 0.158. The maximum absolute atomic E-state index is 11.8. The second-order valence-corrected chi connectivity index (χ2v) is 5.32. The topological polar surface area (TPSA) is 84.6 Å². The maximum atomic E-state index is 11.8. The van der Waals surface area contributed by atoms with E-state index in [2.05, 4.69) is 10.3 Å². The van der Waals surface area contributed by atoms with Crippen LogP contribution in [0, 0.1) is 0 Å². The highest BCUT2D eigenvalue weighted by atomic mass is 16.6. The van der Waals surface area contributed by atoms with Gasteiger partial charge in [0, 0.05) is 6.04 Å². The lowest BCUT2D eigenvalue weighted by atomic mass is 9.98. The number of carbonyl (C=O) groups excluding carboxylic acids is 1. The van der Waals surface area contributed by atoms with Gasteiger partial charge in [-0.25, -0.2) is 9.78 Å². The molecule has 0 aliphatic heterocycles. The molecule has 1 unspecified atom stereocenters. The first-order valence-electron chi connectivity index (χ1n) is 6.37. The number of aliphatic hydroxyl groups is 1. The number of hydrogen-bond acceptors (Lipinski definition) is 5. The van der Waals surface area contributed by atoms with Crippen molar-refractivity contribution in [3.63, 3.8) is 0 Å². The van der Waals surface area contributed by atoms with Crippen LogP contribution in [0.15, 0.2) is 16.9 Å². The monoisotopic (exact) mass is 270 g/mol. The van der Waals surface area contributed by atoms with Gasteiger partial charge in [-0.1, -0.05) is 6.92 Å². The highest BCUT2D eigenvalue weighted by molar-refractivity contribution is 5.68. The molecule has 0 fully saturated rings. The highest BCUT2D eigenvalue weighted by Crippen LogP contribution is 2.20. The van der Waals surface area contributed by atoms with Crippen molar-refractivity contribution in [3.8, 4) is 0 Å². The summed E-state index contributed by atoms with van der Waals surface area (Å²) in [6.07, 6.45) is 3.08. The smallest absolute Gasteiger partial charge is 0.407 e. The fourth-order valence-corrected chi connectivity index (χ4v) is 1.74. The van der Waals surface area contributed by atoms with Crippen molar-refractivity contribution in [2.45, 2.75) is 51.7 Å². The third-order valence-corrected chi connectivity index (χ3v) is 2.59. The van der Waals surface area contributed by atoms with E-state index in [1.54, 1.807) is 20.8 Å². The molecule has 1 heterocycles. The maximum Gasteiger partial charge on any atom is 0.407 e. The van der Waals surface area contributed by atoms with E-state index < -0.39 is 11.7 Å². The Balaban J connectivity index is 2.69. The van der Waals surface area contributed by atoms with Crippen LogP contribution in [0.5, 0.6) is 0 Å². The number of aromatic nitrogens is 1. The Kier molecular flexibility index (Phi) is 5.35. The Hall–Kier alpha value is -1.56. The van der Waals surface area contributed by atoms with Crippen molar-refractivity contribution in [1.82, 2.24) is 10.3 Å². The number of ether oxygens (including phenoxy) is 1. The van der Waals surface area contributed by atoms with Gasteiger partial charge in [-0.3, -0.25) is 0 Å². The van der Waals surface area contributed by atoms with Crippen molar-refractivity contribution in [2.24, 2.45) is 0 Å². The molecule has 2 atom stereocenters. The third-order valence-electron chi connectivity index (χ3n) is 2.59. The number of alkyl carbamates (subject to hydrolysis) is 1. The van der Waals surface area contributed by atoms with Crippen molar-refractivity contribution in [2.75, 3.05) is 6.61 Å². The molecular formula is C13H22N2O4. The summed E-state index contributed by atoms with van der Waals surface area (Å²) in [6.45, 7) is 7.14. The second-order valence-electron chi connectivity index (χ2n) is 5.32. The van der Waals surface area contributed by atoms with Crippen molar-refractivity contribution in [1.29, 1.82) is 0 Å². The molecule has 2 N–H and O–H groups in total. The Labute approximate surface area is 113 Å². The van der Waals surface area contributed by atoms with E-state index in [1.807, 2.05) is 6.92 Å². The molecule has 1 aromatic heterocycles. The van der Waals surface area contributed by atoms with Gasteiger partial charge >= 0.3 is 6.09 Å². The van der Waals surface area contributed by atoms with Gasteiger partial charge in [-0.2, -0.15) is 0 Å². The third kappa shape index (κ3) is 4.90. The summed E-state index contributed by atoms with van der Waals surface area (Å²) in [6, 6.07) is -0.293. The van der Waals surface area contributed by atoms with E-state index in [4.69, 9.17) is 9.15 Å². The minimum atomic E-state index is -0.556. The van der Waals surface area contributed by atoms with Crippen LogP contribution in [0.3, 0.4) is 0 Å². The highest BCUT2D eigenvalue weighted by Gasteiger charge is 2.28. The Morgan fingerprint density at radius 3 is 2.68 bits per heavy atom. The van der Waals surface area contributed by atoms with Crippen molar-refractivity contribution >= 4 is 6.09 Å². The summed E-state index contributed by atoms with van der Waals surface area (Å²) in [5.41, 5.74) is -0.556. The molecule has 0 radical (unpaired) electrons. The second kappa shape index (κ2) is 6.56. The van der Waals surface area contributed by atoms with Crippen LogP contribution >= 0.6 is 0 Å². The molecule has 108 valence electrons. The standard InChI is InChI=1S/C13H22N2O4/c1-5-10(15-12(17)19-13(2,3)4)9(8-16)11-14-6-7-18-11/h6-7,9-10,16H,5,8H2,1-4H3,(H,15,17)/t9?,10-/m0/s1. The summed E-state index contributed by atoms with van der Waals surface area (Å²) >= 11 is 0. The fourth-order valence-electron chi connectivity index (χ4n) is 1.74. The number of nitrogens with one attached hydrogen (secondary N) is 1. The molecule has 0 spiro atoms. The molecule has 0 bridgehead atoms. The first-order chi connectivity index (χ1) is 8.87. The van der Waals surface area contributed by atoms with Gasteiger partial charge in [0.05, 0.1) is 18.7 Å². The van der Waals surface area contributed by atoms with Crippen LogP contribution in [-0.2, 0) is 4.74 Å². The van der Waals surface area contributed by atoms with Crippen LogP contribution in [0.1, 0.15) is 45.9 Å². The number of aliphatic hydroxyl groups excluding tert-OH is 1.